The summed E-state index contributed by atoms with van der Waals surface area (Å²) < 4.78 is 0. The summed E-state index contributed by atoms with van der Waals surface area (Å²) in [5, 5.41) is 6.62. The number of hydrogen-bond donors (Lipinski definition) is 2. The van der Waals surface area contributed by atoms with Gasteiger partial charge in [-0.2, -0.15) is 11.8 Å². The van der Waals surface area contributed by atoms with Gasteiger partial charge in [0.15, 0.2) is 0 Å². The standard InChI is InChI=1S/C13H20N4OS/c1-2-5-15-12-9-14-8-11(17-12)13(18)16-7-10-4-3-6-19-10/h8-10H,2-7H2,1H3,(H,15,17)(H,16,18). The molecule has 2 heterocycles. The number of nitrogens with one attached hydrogen (secondary N) is 2. The van der Waals surface area contributed by atoms with E-state index < -0.39 is 0 Å². The van der Waals surface area contributed by atoms with Gasteiger partial charge in [-0.25, -0.2) is 4.98 Å². The van der Waals surface area contributed by atoms with E-state index in [1.807, 2.05) is 11.8 Å². The zero-order chi connectivity index (χ0) is 13.5. The minimum absolute atomic E-state index is 0.139. The number of rotatable bonds is 6. The molecule has 1 aliphatic heterocycles. The van der Waals surface area contributed by atoms with Gasteiger partial charge >= 0.3 is 0 Å². The average molecular weight is 280 g/mol. The van der Waals surface area contributed by atoms with Crippen LogP contribution in [0, 0.1) is 0 Å². The molecule has 0 radical (unpaired) electrons. The maximum Gasteiger partial charge on any atom is 0.271 e. The lowest BCUT2D eigenvalue weighted by molar-refractivity contribution is 0.0948. The largest absolute Gasteiger partial charge is 0.369 e. The maximum atomic E-state index is 12.0. The van der Waals surface area contributed by atoms with Crippen molar-refractivity contribution in [2.45, 2.75) is 31.4 Å². The molecule has 2 N–H and O–H groups in total. The van der Waals surface area contributed by atoms with Gasteiger partial charge in [-0.15, -0.1) is 0 Å². The number of amides is 1. The Kier molecular flexibility index (Phi) is 5.44. The zero-order valence-corrected chi connectivity index (χ0v) is 12.0. The third kappa shape index (κ3) is 4.38. The number of nitrogens with zero attached hydrogens (tertiary/aromatic N) is 2. The molecule has 5 nitrogen and oxygen atoms in total. The van der Waals surface area contributed by atoms with E-state index in [4.69, 9.17) is 0 Å². The number of carbonyl (C=O) groups excluding carboxylic acids is 1. The summed E-state index contributed by atoms with van der Waals surface area (Å²) in [7, 11) is 0. The molecule has 1 saturated heterocycles. The number of carbonyl (C=O) groups is 1. The van der Waals surface area contributed by atoms with Crippen molar-refractivity contribution in [2.24, 2.45) is 0 Å². The van der Waals surface area contributed by atoms with Gasteiger partial charge in [-0.3, -0.25) is 9.78 Å². The number of hydrogen-bond acceptors (Lipinski definition) is 5. The highest BCUT2D eigenvalue weighted by atomic mass is 32.2. The fourth-order valence-electron chi connectivity index (χ4n) is 1.92. The SMILES string of the molecule is CCCNc1cncc(C(=O)NCC2CCCS2)n1. The van der Waals surface area contributed by atoms with E-state index in [-0.39, 0.29) is 5.91 Å². The van der Waals surface area contributed by atoms with E-state index in [9.17, 15) is 4.79 Å². The molecule has 6 heteroatoms. The fourth-order valence-corrected chi connectivity index (χ4v) is 3.12. The molecule has 1 amide bonds. The van der Waals surface area contributed by atoms with Crippen LogP contribution in [0.3, 0.4) is 0 Å². The Labute approximate surface area is 118 Å². The molecular weight excluding hydrogens is 260 g/mol. The van der Waals surface area contributed by atoms with E-state index in [0.717, 1.165) is 19.5 Å². The third-order valence-electron chi connectivity index (χ3n) is 2.94. The Morgan fingerprint density at radius 3 is 3.16 bits per heavy atom. The van der Waals surface area contributed by atoms with Crippen LogP contribution in [0.15, 0.2) is 12.4 Å². The summed E-state index contributed by atoms with van der Waals surface area (Å²) in [6, 6.07) is 0. The van der Waals surface area contributed by atoms with Crippen molar-refractivity contribution in [3.05, 3.63) is 18.1 Å². The van der Waals surface area contributed by atoms with Crippen LogP contribution < -0.4 is 10.6 Å². The Morgan fingerprint density at radius 2 is 2.42 bits per heavy atom. The van der Waals surface area contributed by atoms with Crippen molar-refractivity contribution >= 4 is 23.5 Å². The van der Waals surface area contributed by atoms with E-state index in [0.29, 0.717) is 16.8 Å². The Bertz CT molecular complexity index is 421. The summed E-state index contributed by atoms with van der Waals surface area (Å²) in [6.45, 7) is 3.63. The highest BCUT2D eigenvalue weighted by molar-refractivity contribution is 8.00. The minimum Gasteiger partial charge on any atom is -0.369 e. The van der Waals surface area contributed by atoms with E-state index >= 15 is 0 Å². The summed E-state index contributed by atoms with van der Waals surface area (Å²) >= 11 is 1.93. The van der Waals surface area contributed by atoms with Gasteiger partial charge in [-0.1, -0.05) is 6.92 Å². The Morgan fingerprint density at radius 1 is 1.53 bits per heavy atom. The lowest BCUT2D eigenvalue weighted by Gasteiger charge is -2.10. The molecule has 1 aromatic rings. The van der Waals surface area contributed by atoms with E-state index in [2.05, 4.69) is 27.5 Å². The summed E-state index contributed by atoms with van der Waals surface area (Å²) in [5.41, 5.74) is 0.379. The van der Waals surface area contributed by atoms with Crippen LogP contribution in [0.5, 0.6) is 0 Å². The molecule has 19 heavy (non-hydrogen) atoms. The second-order valence-corrected chi connectivity index (χ2v) is 5.97. The molecule has 0 aliphatic carbocycles. The van der Waals surface area contributed by atoms with Crippen molar-refractivity contribution in [1.82, 2.24) is 15.3 Å². The van der Waals surface area contributed by atoms with Crippen molar-refractivity contribution in [1.29, 1.82) is 0 Å². The maximum absolute atomic E-state index is 12.0. The number of aromatic nitrogens is 2. The van der Waals surface area contributed by atoms with Gasteiger partial charge in [0.2, 0.25) is 0 Å². The van der Waals surface area contributed by atoms with Crippen molar-refractivity contribution in [3.8, 4) is 0 Å². The summed E-state index contributed by atoms with van der Waals surface area (Å²) in [6.07, 6.45) is 6.60. The first-order valence-electron chi connectivity index (χ1n) is 6.75. The smallest absolute Gasteiger partial charge is 0.271 e. The zero-order valence-electron chi connectivity index (χ0n) is 11.2. The molecule has 1 aliphatic rings. The van der Waals surface area contributed by atoms with Crippen LogP contribution in [-0.2, 0) is 0 Å². The van der Waals surface area contributed by atoms with Crippen LogP contribution >= 0.6 is 11.8 Å². The normalized spacial score (nSPS) is 18.3. The Hall–Kier alpha value is -1.30. The molecule has 0 spiro atoms. The van der Waals surface area contributed by atoms with Gasteiger partial charge < -0.3 is 10.6 Å². The van der Waals surface area contributed by atoms with Crippen molar-refractivity contribution in [2.75, 3.05) is 24.2 Å². The second kappa shape index (κ2) is 7.33. The van der Waals surface area contributed by atoms with Gasteiger partial charge in [0.05, 0.1) is 12.4 Å². The molecule has 1 unspecified atom stereocenters. The van der Waals surface area contributed by atoms with Gasteiger partial charge in [0.1, 0.15) is 11.5 Å². The molecule has 1 fully saturated rings. The predicted molar refractivity (Wildman–Crippen MR) is 78.6 cm³/mol. The fraction of sp³-hybridized carbons (Fsp3) is 0.615. The van der Waals surface area contributed by atoms with Crippen LogP contribution in [-0.4, -0.2) is 40.0 Å². The summed E-state index contributed by atoms with van der Waals surface area (Å²) in [5.74, 6) is 1.72. The lowest BCUT2D eigenvalue weighted by atomic mass is 10.2. The van der Waals surface area contributed by atoms with Crippen LogP contribution in [0.25, 0.3) is 0 Å². The first kappa shape index (κ1) is 14.1. The van der Waals surface area contributed by atoms with Gasteiger partial charge in [0, 0.05) is 18.3 Å². The Balaban J connectivity index is 1.86. The first-order chi connectivity index (χ1) is 9.29. The molecule has 104 valence electrons. The number of anilines is 1. The molecule has 0 saturated carbocycles. The molecule has 0 bridgehead atoms. The van der Waals surface area contributed by atoms with Crippen LogP contribution in [0.4, 0.5) is 5.82 Å². The quantitative estimate of drug-likeness (QED) is 0.833. The highest BCUT2D eigenvalue weighted by Gasteiger charge is 2.17. The highest BCUT2D eigenvalue weighted by Crippen LogP contribution is 2.25. The predicted octanol–water partition coefficient (Wildman–Crippen LogP) is 1.92. The molecule has 1 aromatic heterocycles. The minimum atomic E-state index is -0.139. The van der Waals surface area contributed by atoms with E-state index in [1.165, 1.54) is 24.8 Å². The molecule has 2 rings (SSSR count). The van der Waals surface area contributed by atoms with E-state index in [1.54, 1.807) is 6.20 Å². The monoisotopic (exact) mass is 280 g/mol. The topological polar surface area (TPSA) is 66.9 Å². The average Bonchev–Trinajstić information content (AvgIpc) is 2.96. The van der Waals surface area contributed by atoms with Crippen LogP contribution in [0.2, 0.25) is 0 Å². The van der Waals surface area contributed by atoms with Gasteiger partial charge in [-0.05, 0) is 25.0 Å². The first-order valence-corrected chi connectivity index (χ1v) is 7.80. The third-order valence-corrected chi connectivity index (χ3v) is 4.34. The molecule has 1 atom stereocenters. The lowest BCUT2D eigenvalue weighted by Crippen LogP contribution is -2.30. The van der Waals surface area contributed by atoms with Crippen molar-refractivity contribution in [3.63, 3.8) is 0 Å². The summed E-state index contributed by atoms with van der Waals surface area (Å²) in [4.78, 5) is 20.3. The molecule has 0 aromatic carbocycles. The number of thioether (sulfide) groups is 1. The van der Waals surface area contributed by atoms with Gasteiger partial charge in [0.25, 0.3) is 5.91 Å². The molecular formula is C13H20N4OS. The van der Waals surface area contributed by atoms with Crippen LogP contribution in [0.1, 0.15) is 36.7 Å². The second-order valence-electron chi connectivity index (χ2n) is 4.56. The van der Waals surface area contributed by atoms with Crippen molar-refractivity contribution < 1.29 is 4.79 Å².